The van der Waals surface area contributed by atoms with E-state index < -0.39 is 0 Å². The maximum atomic E-state index is 11.5. The van der Waals surface area contributed by atoms with Crippen molar-refractivity contribution >= 4 is 5.97 Å². The van der Waals surface area contributed by atoms with Crippen LogP contribution in [-0.2, 0) is 9.53 Å². The van der Waals surface area contributed by atoms with E-state index in [0.717, 1.165) is 13.0 Å². The Bertz CT molecular complexity index is 180. The number of rotatable bonds is 3. The molecule has 1 heterocycles. The molecule has 0 amide bonds. The van der Waals surface area contributed by atoms with Crippen LogP contribution in [0.15, 0.2) is 0 Å². The molecule has 1 N–H and O–H groups in total. The highest BCUT2D eigenvalue weighted by Crippen LogP contribution is 2.22. The molecule has 0 radical (unpaired) electrons. The van der Waals surface area contributed by atoms with Crippen LogP contribution >= 0.6 is 0 Å². The number of carbonyl (C=O) groups excluding carboxylic acids is 1. The van der Waals surface area contributed by atoms with Crippen molar-refractivity contribution in [2.24, 2.45) is 11.8 Å². The second kappa shape index (κ2) is 4.61. The first-order valence-corrected chi connectivity index (χ1v) is 5.06. The van der Waals surface area contributed by atoms with E-state index in [0.29, 0.717) is 18.6 Å². The van der Waals surface area contributed by atoms with E-state index in [1.165, 1.54) is 0 Å². The molecule has 2 atom stereocenters. The lowest BCUT2D eigenvalue weighted by molar-refractivity contribution is -0.148. The Kier molecular flexibility index (Phi) is 3.72. The van der Waals surface area contributed by atoms with Gasteiger partial charge in [0.05, 0.1) is 12.5 Å². The predicted molar refractivity (Wildman–Crippen MR) is 51.4 cm³/mol. The first kappa shape index (κ1) is 10.5. The average molecular weight is 185 g/mol. The van der Waals surface area contributed by atoms with Crippen LogP contribution in [0.5, 0.6) is 0 Å². The minimum atomic E-state index is -0.0359. The third-order valence-electron chi connectivity index (χ3n) is 2.58. The molecule has 2 unspecified atom stereocenters. The lowest BCUT2D eigenvalue weighted by atomic mass is 9.92. The molecular weight excluding hydrogens is 166 g/mol. The van der Waals surface area contributed by atoms with Crippen molar-refractivity contribution in [3.63, 3.8) is 0 Å². The van der Waals surface area contributed by atoms with Gasteiger partial charge in [-0.05, 0) is 25.8 Å². The normalized spacial score (nSPS) is 28.0. The number of hydrogen-bond acceptors (Lipinski definition) is 3. The van der Waals surface area contributed by atoms with Gasteiger partial charge in [-0.2, -0.15) is 0 Å². The first-order chi connectivity index (χ1) is 6.16. The summed E-state index contributed by atoms with van der Waals surface area (Å²) in [6, 6.07) is 0.305. The van der Waals surface area contributed by atoms with Gasteiger partial charge in [-0.1, -0.05) is 13.8 Å². The fourth-order valence-electron chi connectivity index (χ4n) is 1.94. The Hall–Kier alpha value is -0.570. The summed E-state index contributed by atoms with van der Waals surface area (Å²) in [4.78, 5) is 11.5. The molecule has 0 aliphatic carbocycles. The van der Waals surface area contributed by atoms with Gasteiger partial charge in [-0.3, -0.25) is 4.79 Å². The smallest absolute Gasteiger partial charge is 0.310 e. The molecule has 3 nitrogen and oxygen atoms in total. The fourth-order valence-corrected chi connectivity index (χ4v) is 1.94. The SMILES string of the molecule is CCOC(=O)C1CCNC1C(C)C. The molecular formula is C10H19NO2. The van der Waals surface area contributed by atoms with Gasteiger partial charge >= 0.3 is 5.97 Å². The maximum Gasteiger partial charge on any atom is 0.310 e. The summed E-state index contributed by atoms with van der Waals surface area (Å²) < 4.78 is 5.03. The highest BCUT2D eigenvalue weighted by atomic mass is 16.5. The summed E-state index contributed by atoms with van der Waals surface area (Å²) in [5.74, 6) is 0.531. The van der Waals surface area contributed by atoms with Gasteiger partial charge in [-0.15, -0.1) is 0 Å². The number of carbonyl (C=O) groups is 1. The van der Waals surface area contributed by atoms with Gasteiger partial charge in [-0.25, -0.2) is 0 Å². The van der Waals surface area contributed by atoms with Crippen LogP contribution in [-0.4, -0.2) is 25.2 Å². The third-order valence-corrected chi connectivity index (χ3v) is 2.58. The van der Waals surface area contributed by atoms with Crippen molar-refractivity contribution < 1.29 is 9.53 Å². The molecule has 13 heavy (non-hydrogen) atoms. The van der Waals surface area contributed by atoms with Gasteiger partial charge in [0.25, 0.3) is 0 Å². The van der Waals surface area contributed by atoms with Crippen LogP contribution in [0.2, 0.25) is 0 Å². The van der Waals surface area contributed by atoms with Gasteiger partial charge in [0.2, 0.25) is 0 Å². The number of esters is 1. The van der Waals surface area contributed by atoms with E-state index in [-0.39, 0.29) is 11.9 Å². The Morgan fingerprint density at radius 1 is 1.62 bits per heavy atom. The van der Waals surface area contributed by atoms with E-state index in [9.17, 15) is 4.79 Å². The highest BCUT2D eigenvalue weighted by molar-refractivity contribution is 5.73. The zero-order chi connectivity index (χ0) is 9.84. The molecule has 1 aliphatic heterocycles. The topological polar surface area (TPSA) is 38.3 Å². The average Bonchev–Trinajstić information content (AvgIpc) is 2.52. The largest absolute Gasteiger partial charge is 0.466 e. The zero-order valence-electron chi connectivity index (χ0n) is 8.67. The summed E-state index contributed by atoms with van der Waals surface area (Å²) >= 11 is 0. The molecule has 0 bridgehead atoms. The minimum absolute atomic E-state index is 0.0359. The molecule has 76 valence electrons. The van der Waals surface area contributed by atoms with E-state index in [1.807, 2.05) is 6.92 Å². The Labute approximate surface area is 79.8 Å². The Morgan fingerprint density at radius 2 is 2.31 bits per heavy atom. The number of hydrogen-bond donors (Lipinski definition) is 1. The molecule has 1 aliphatic rings. The van der Waals surface area contributed by atoms with Crippen molar-refractivity contribution in [1.82, 2.24) is 5.32 Å². The predicted octanol–water partition coefficient (Wildman–Crippen LogP) is 1.18. The molecule has 0 aromatic heterocycles. The zero-order valence-corrected chi connectivity index (χ0v) is 8.67. The van der Waals surface area contributed by atoms with Gasteiger partial charge in [0.1, 0.15) is 0 Å². The monoisotopic (exact) mass is 185 g/mol. The minimum Gasteiger partial charge on any atom is -0.466 e. The number of nitrogens with one attached hydrogen (secondary N) is 1. The lowest BCUT2D eigenvalue weighted by Gasteiger charge is -2.21. The first-order valence-electron chi connectivity index (χ1n) is 5.06. The van der Waals surface area contributed by atoms with Crippen LogP contribution in [0.4, 0.5) is 0 Å². The maximum absolute atomic E-state index is 11.5. The van der Waals surface area contributed by atoms with Crippen molar-refractivity contribution in [3.05, 3.63) is 0 Å². The number of ether oxygens (including phenoxy) is 1. The van der Waals surface area contributed by atoms with Crippen molar-refractivity contribution in [1.29, 1.82) is 0 Å². The van der Waals surface area contributed by atoms with Crippen LogP contribution in [0.1, 0.15) is 27.2 Å². The quantitative estimate of drug-likeness (QED) is 0.671. The molecule has 0 aromatic rings. The third kappa shape index (κ3) is 2.44. The molecule has 0 saturated carbocycles. The van der Waals surface area contributed by atoms with Crippen LogP contribution < -0.4 is 5.32 Å². The summed E-state index contributed by atoms with van der Waals surface area (Å²) in [6.07, 6.45) is 0.918. The second-order valence-corrected chi connectivity index (χ2v) is 3.87. The van der Waals surface area contributed by atoms with E-state index in [4.69, 9.17) is 4.74 Å². The van der Waals surface area contributed by atoms with E-state index in [2.05, 4.69) is 19.2 Å². The van der Waals surface area contributed by atoms with Crippen molar-refractivity contribution in [2.45, 2.75) is 33.2 Å². The van der Waals surface area contributed by atoms with E-state index in [1.54, 1.807) is 0 Å². The fraction of sp³-hybridized carbons (Fsp3) is 0.900. The molecule has 0 spiro atoms. The summed E-state index contributed by atoms with van der Waals surface area (Å²) in [5.41, 5.74) is 0. The van der Waals surface area contributed by atoms with Gasteiger partial charge in [0, 0.05) is 6.04 Å². The molecule has 0 aromatic carbocycles. The summed E-state index contributed by atoms with van der Waals surface area (Å²) in [6.45, 7) is 7.54. The highest BCUT2D eigenvalue weighted by Gasteiger charge is 2.35. The molecule has 1 rings (SSSR count). The molecule has 1 fully saturated rings. The molecule has 3 heteroatoms. The molecule has 1 saturated heterocycles. The second-order valence-electron chi connectivity index (χ2n) is 3.87. The summed E-state index contributed by atoms with van der Waals surface area (Å²) in [7, 11) is 0. The van der Waals surface area contributed by atoms with Crippen LogP contribution in [0.3, 0.4) is 0 Å². The van der Waals surface area contributed by atoms with Gasteiger partial charge in [0.15, 0.2) is 0 Å². The van der Waals surface area contributed by atoms with E-state index >= 15 is 0 Å². The van der Waals surface area contributed by atoms with Gasteiger partial charge < -0.3 is 10.1 Å². The van der Waals surface area contributed by atoms with Crippen LogP contribution in [0.25, 0.3) is 0 Å². The Balaban J connectivity index is 2.52. The van der Waals surface area contributed by atoms with Crippen molar-refractivity contribution in [2.75, 3.05) is 13.2 Å². The standard InChI is InChI=1S/C10H19NO2/c1-4-13-10(12)8-5-6-11-9(8)7(2)3/h7-9,11H,4-6H2,1-3H3. The van der Waals surface area contributed by atoms with Crippen molar-refractivity contribution in [3.8, 4) is 0 Å². The Morgan fingerprint density at radius 3 is 2.85 bits per heavy atom. The van der Waals surface area contributed by atoms with Crippen LogP contribution in [0, 0.1) is 11.8 Å². The summed E-state index contributed by atoms with van der Waals surface area (Å²) in [5, 5.41) is 3.34. The lowest BCUT2D eigenvalue weighted by Crippen LogP contribution is -2.36.